The number of fused-ring (bicyclic) bond motifs is 1. The fraction of sp³-hybridized carbons (Fsp3) is 0.476. The topological polar surface area (TPSA) is 28.2 Å². The molecule has 0 aliphatic carbocycles. The van der Waals surface area contributed by atoms with E-state index < -0.39 is 11.7 Å². The van der Waals surface area contributed by atoms with Gasteiger partial charge in [-0.1, -0.05) is 32.1 Å². The van der Waals surface area contributed by atoms with Crippen LogP contribution < -0.4 is 5.32 Å². The van der Waals surface area contributed by atoms with E-state index in [2.05, 4.69) is 28.8 Å². The van der Waals surface area contributed by atoms with Crippen LogP contribution in [0.4, 0.5) is 18.9 Å². The van der Waals surface area contributed by atoms with Crippen LogP contribution in [0.1, 0.15) is 37.6 Å². The molecule has 0 saturated carbocycles. The molecule has 1 aromatic carbocycles. The van der Waals surface area contributed by atoms with Crippen LogP contribution >= 0.6 is 0 Å². The standard InChI is InChI=1S/C21H26F3N3/c1-4-6-16-13-18-17(20(26-16)14(2)21(22,23)24)7-5-8-19(18)25-15-9-11-27(3)12-10-15/h5,7-8,13,15,25H,2,4,6,9-12H2,1,3H3. The molecule has 6 heteroatoms. The first-order valence-electron chi connectivity index (χ1n) is 9.43. The van der Waals surface area contributed by atoms with Gasteiger partial charge in [-0.2, -0.15) is 13.2 Å². The van der Waals surface area contributed by atoms with Crippen LogP contribution in [-0.4, -0.2) is 42.2 Å². The van der Waals surface area contributed by atoms with Gasteiger partial charge in [-0.25, -0.2) is 0 Å². The summed E-state index contributed by atoms with van der Waals surface area (Å²) in [6, 6.07) is 7.67. The number of anilines is 1. The fourth-order valence-electron chi connectivity index (χ4n) is 3.58. The second kappa shape index (κ2) is 7.89. The highest BCUT2D eigenvalue weighted by Gasteiger charge is 2.35. The molecule has 0 spiro atoms. The Morgan fingerprint density at radius 2 is 1.96 bits per heavy atom. The zero-order chi connectivity index (χ0) is 19.6. The van der Waals surface area contributed by atoms with E-state index >= 15 is 0 Å². The van der Waals surface area contributed by atoms with Crippen molar-refractivity contribution in [2.24, 2.45) is 0 Å². The third kappa shape index (κ3) is 4.43. The van der Waals surface area contributed by atoms with Crippen molar-refractivity contribution in [2.75, 3.05) is 25.5 Å². The Bertz CT molecular complexity index is 821. The normalized spacial score (nSPS) is 16.6. The molecular weight excluding hydrogens is 351 g/mol. The number of piperidine rings is 1. The molecule has 27 heavy (non-hydrogen) atoms. The maximum Gasteiger partial charge on any atom is 0.417 e. The highest BCUT2D eigenvalue weighted by molar-refractivity contribution is 6.00. The number of pyridine rings is 1. The van der Waals surface area contributed by atoms with Gasteiger partial charge in [0.15, 0.2) is 0 Å². The number of aryl methyl sites for hydroxylation is 1. The van der Waals surface area contributed by atoms with Crippen LogP contribution in [0.15, 0.2) is 30.8 Å². The summed E-state index contributed by atoms with van der Waals surface area (Å²) in [6.45, 7) is 7.31. The van der Waals surface area contributed by atoms with E-state index in [1.807, 2.05) is 19.1 Å². The van der Waals surface area contributed by atoms with Crippen molar-refractivity contribution in [2.45, 2.75) is 44.8 Å². The Balaban J connectivity index is 2.05. The summed E-state index contributed by atoms with van der Waals surface area (Å²) < 4.78 is 40.0. The lowest BCUT2D eigenvalue weighted by Crippen LogP contribution is -2.36. The van der Waals surface area contributed by atoms with Crippen LogP contribution in [0.3, 0.4) is 0 Å². The molecule has 1 aromatic heterocycles. The number of aromatic nitrogens is 1. The third-order valence-electron chi connectivity index (χ3n) is 5.14. The molecule has 0 amide bonds. The van der Waals surface area contributed by atoms with Gasteiger partial charge < -0.3 is 10.2 Å². The lowest BCUT2D eigenvalue weighted by atomic mass is 9.99. The minimum absolute atomic E-state index is 0.0597. The summed E-state index contributed by atoms with van der Waals surface area (Å²) in [7, 11) is 2.10. The van der Waals surface area contributed by atoms with Crippen LogP contribution in [0.2, 0.25) is 0 Å². The quantitative estimate of drug-likeness (QED) is 0.769. The first kappa shape index (κ1) is 19.7. The lowest BCUT2D eigenvalue weighted by Gasteiger charge is -2.30. The summed E-state index contributed by atoms with van der Waals surface area (Å²) in [5.41, 5.74) is 0.596. The second-order valence-corrected chi connectivity index (χ2v) is 7.31. The molecule has 3 nitrogen and oxygen atoms in total. The number of alkyl halides is 3. The maximum atomic E-state index is 13.3. The van der Waals surface area contributed by atoms with Gasteiger partial charge in [-0.15, -0.1) is 0 Å². The molecule has 0 radical (unpaired) electrons. The van der Waals surface area contributed by atoms with E-state index in [0.29, 0.717) is 23.5 Å². The number of benzene rings is 1. The highest BCUT2D eigenvalue weighted by atomic mass is 19.4. The molecule has 2 aromatic rings. The first-order valence-corrected chi connectivity index (χ1v) is 9.43. The van der Waals surface area contributed by atoms with Crippen molar-refractivity contribution in [1.29, 1.82) is 0 Å². The van der Waals surface area contributed by atoms with E-state index in [9.17, 15) is 13.2 Å². The number of nitrogens with one attached hydrogen (secondary N) is 1. The zero-order valence-corrected chi connectivity index (χ0v) is 15.9. The van der Waals surface area contributed by atoms with Crippen molar-refractivity contribution in [3.63, 3.8) is 0 Å². The molecule has 146 valence electrons. The third-order valence-corrected chi connectivity index (χ3v) is 5.14. The number of halogens is 3. The van der Waals surface area contributed by atoms with Gasteiger partial charge >= 0.3 is 6.18 Å². The van der Waals surface area contributed by atoms with Gasteiger partial charge in [-0.05, 0) is 51.5 Å². The molecule has 0 bridgehead atoms. The predicted octanol–water partition coefficient (Wildman–Crippen LogP) is 5.27. The molecule has 0 atom stereocenters. The van der Waals surface area contributed by atoms with Gasteiger partial charge in [0, 0.05) is 28.2 Å². The molecule has 1 aliphatic rings. The molecule has 3 rings (SSSR count). The van der Waals surface area contributed by atoms with Crippen molar-refractivity contribution >= 4 is 22.0 Å². The number of nitrogens with zero attached hydrogens (tertiary/aromatic N) is 2. The van der Waals surface area contributed by atoms with E-state index in [0.717, 1.165) is 43.4 Å². The molecule has 0 unspecified atom stereocenters. The Morgan fingerprint density at radius 3 is 2.59 bits per heavy atom. The van der Waals surface area contributed by atoms with Crippen LogP contribution in [0.5, 0.6) is 0 Å². The van der Waals surface area contributed by atoms with E-state index in [1.54, 1.807) is 12.1 Å². The SMILES string of the molecule is C=C(c1nc(CCC)cc2c(NC3CCN(C)CC3)cccc12)C(F)(F)F. The number of hydrogen-bond acceptors (Lipinski definition) is 3. The van der Waals surface area contributed by atoms with E-state index in [1.165, 1.54) is 0 Å². The number of likely N-dealkylation sites (tertiary alicyclic amines) is 1. The fourth-order valence-corrected chi connectivity index (χ4v) is 3.58. The van der Waals surface area contributed by atoms with Crippen molar-refractivity contribution in [3.8, 4) is 0 Å². The average Bonchev–Trinajstić information content (AvgIpc) is 2.62. The molecule has 2 heterocycles. The maximum absolute atomic E-state index is 13.3. The highest BCUT2D eigenvalue weighted by Crippen LogP contribution is 2.37. The van der Waals surface area contributed by atoms with Gasteiger partial charge in [0.05, 0.1) is 11.3 Å². The number of rotatable bonds is 5. The van der Waals surface area contributed by atoms with Crippen LogP contribution in [0, 0.1) is 0 Å². The van der Waals surface area contributed by atoms with Crippen molar-refractivity contribution in [1.82, 2.24) is 9.88 Å². The van der Waals surface area contributed by atoms with Crippen molar-refractivity contribution < 1.29 is 13.2 Å². The Morgan fingerprint density at radius 1 is 1.26 bits per heavy atom. The molecule has 1 fully saturated rings. The Hall–Kier alpha value is -2.08. The monoisotopic (exact) mass is 377 g/mol. The number of allylic oxidation sites excluding steroid dienone is 1. The lowest BCUT2D eigenvalue weighted by molar-refractivity contribution is -0.0688. The predicted molar refractivity (Wildman–Crippen MR) is 105 cm³/mol. The van der Waals surface area contributed by atoms with E-state index in [-0.39, 0.29) is 5.69 Å². The summed E-state index contributed by atoms with van der Waals surface area (Å²) in [6.07, 6.45) is -1.01. The zero-order valence-electron chi connectivity index (χ0n) is 15.9. The Labute approximate surface area is 158 Å². The second-order valence-electron chi connectivity index (χ2n) is 7.31. The van der Waals surface area contributed by atoms with Gasteiger partial charge in [0.25, 0.3) is 0 Å². The minimum atomic E-state index is -4.50. The van der Waals surface area contributed by atoms with Crippen molar-refractivity contribution in [3.05, 3.63) is 42.2 Å². The van der Waals surface area contributed by atoms with Crippen LogP contribution in [-0.2, 0) is 6.42 Å². The van der Waals surface area contributed by atoms with Gasteiger partial charge in [0.2, 0.25) is 0 Å². The molecule has 1 aliphatic heterocycles. The minimum Gasteiger partial charge on any atom is -0.382 e. The largest absolute Gasteiger partial charge is 0.417 e. The number of hydrogen-bond donors (Lipinski definition) is 1. The average molecular weight is 377 g/mol. The summed E-state index contributed by atoms with van der Waals surface area (Å²) in [5.74, 6) is 0. The Kier molecular flexibility index (Phi) is 5.75. The summed E-state index contributed by atoms with van der Waals surface area (Å²) in [4.78, 5) is 6.59. The summed E-state index contributed by atoms with van der Waals surface area (Å²) in [5, 5.41) is 4.84. The molecular formula is C21H26F3N3. The molecule has 1 N–H and O–H groups in total. The molecule has 1 saturated heterocycles. The first-order chi connectivity index (χ1) is 12.8. The van der Waals surface area contributed by atoms with Gasteiger partial charge in [0.1, 0.15) is 0 Å². The summed E-state index contributed by atoms with van der Waals surface area (Å²) >= 11 is 0. The van der Waals surface area contributed by atoms with Gasteiger partial charge in [-0.3, -0.25) is 4.98 Å². The van der Waals surface area contributed by atoms with Crippen LogP contribution in [0.25, 0.3) is 16.3 Å². The smallest absolute Gasteiger partial charge is 0.382 e. The van der Waals surface area contributed by atoms with E-state index in [4.69, 9.17) is 0 Å².